The van der Waals surface area contributed by atoms with Crippen LogP contribution in [0.3, 0.4) is 0 Å². The van der Waals surface area contributed by atoms with Crippen molar-refractivity contribution in [2.45, 2.75) is 0 Å². The van der Waals surface area contributed by atoms with E-state index in [0.29, 0.717) is 27.0 Å². The highest BCUT2D eigenvalue weighted by atomic mass is 35.5. The van der Waals surface area contributed by atoms with E-state index >= 15 is 0 Å². The number of nitrogens with one attached hydrogen (secondary N) is 1. The van der Waals surface area contributed by atoms with E-state index in [9.17, 15) is 4.79 Å². The molecule has 0 radical (unpaired) electrons. The third kappa shape index (κ3) is 2.75. The fourth-order valence-corrected chi connectivity index (χ4v) is 2.31. The average Bonchev–Trinajstić information content (AvgIpc) is 2.81. The molecule has 6 heteroatoms. The first kappa shape index (κ1) is 12.7. The molecule has 1 amide bonds. The number of carbonyl (C=O) groups excluding carboxylic acids is 1. The molecule has 0 fully saturated rings. The van der Waals surface area contributed by atoms with Gasteiger partial charge in [0.1, 0.15) is 5.75 Å². The van der Waals surface area contributed by atoms with Crippen molar-refractivity contribution in [2.75, 3.05) is 18.2 Å². The summed E-state index contributed by atoms with van der Waals surface area (Å²) < 4.78 is 5.02. The van der Waals surface area contributed by atoms with Crippen LogP contribution in [0.4, 0.5) is 11.4 Å². The van der Waals surface area contributed by atoms with Gasteiger partial charge < -0.3 is 15.8 Å². The molecule has 0 aliphatic rings. The van der Waals surface area contributed by atoms with Crippen molar-refractivity contribution >= 4 is 40.2 Å². The normalized spacial score (nSPS) is 10.1. The number of halogens is 1. The molecule has 1 aromatic carbocycles. The van der Waals surface area contributed by atoms with E-state index in [0.717, 1.165) is 0 Å². The number of anilines is 2. The summed E-state index contributed by atoms with van der Waals surface area (Å²) in [6.07, 6.45) is 0. The van der Waals surface area contributed by atoms with Crippen LogP contribution in [0.25, 0.3) is 0 Å². The summed E-state index contributed by atoms with van der Waals surface area (Å²) in [5, 5.41) is 5.02. The molecule has 2 rings (SSSR count). The minimum Gasteiger partial charge on any atom is -0.496 e. The van der Waals surface area contributed by atoms with Crippen molar-refractivity contribution in [3.8, 4) is 5.75 Å². The van der Waals surface area contributed by atoms with E-state index in [1.807, 2.05) is 0 Å². The van der Waals surface area contributed by atoms with Crippen LogP contribution in [0.15, 0.2) is 29.6 Å². The zero-order chi connectivity index (χ0) is 13.1. The van der Waals surface area contributed by atoms with Crippen molar-refractivity contribution in [1.29, 1.82) is 0 Å². The van der Waals surface area contributed by atoms with Crippen molar-refractivity contribution in [2.24, 2.45) is 0 Å². The Bertz CT molecular complexity index is 583. The Morgan fingerprint density at radius 2 is 2.22 bits per heavy atom. The zero-order valence-electron chi connectivity index (χ0n) is 9.57. The Morgan fingerprint density at radius 3 is 2.83 bits per heavy atom. The lowest BCUT2D eigenvalue weighted by molar-refractivity contribution is 0.103. The van der Waals surface area contributed by atoms with Gasteiger partial charge in [-0.3, -0.25) is 4.79 Å². The molecule has 0 saturated heterocycles. The number of hydrogen-bond acceptors (Lipinski definition) is 4. The molecule has 1 aromatic heterocycles. The van der Waals surface area contributed by atoms with Crippen LogP contribution in [-0.4, -0.2) is 13.0 Å². The molecule has 0 atom stereocenters. The van der Waals surface area contributed by atoms with Crippen molar-refractivity contribution in [3.05, 3.63) is 39.5 Å². The molecule has 0 aliphatic carbocycles. The fraction of sp³-hybridized carbons (Fsp3) is 0.0833. The van der Waals surface area contributed by atoms with E-state index in [1.165, 1.54) is 11.3 Å². The first-order valence-electron chi connectivity index (χ1n) is 5.09. The lowest BCUT2D eigenvalue weighted by atomic mass is 10.2. The van der Waals surface area contributed by atoms with E-state index in [2.05, 4.69) is 5.32 Å². The van der Waals surface area contributed by atoms with Crippen molar-refractivity contribution in [3.63, 3.8) is 0 Å². The molecule has 0 unspecified atom stereocenters. The second-order valence-electron chi connectivity index (χ2n) is 3.54. The van der Waals surface area contributed by atoms with Crippen LogP contribution in [-0.2, 0) is 0 Å². The Hall–Kier alpha value is -1.72. The van der Waals surface area contributed by atoms with Gasteiger partial charge in [0.05, 0.1) is 23.4 Å². The molecule has 0 aliphatic heterocycles. The minimum atomic E-state index is -0.225. The Balaban J connectivity index is 2.16. The number of methoxy groups -OCH3 is 1. The summed E-state index contributed by atoms with van der Waals surface area (Å²) in [4.78, 5) is 12.5. The SMILES string of the molecule is COc1csc(C(=O)Nc2ccc(Cl)cc2N)c1. The number of benzene rings is 1. The van der Waals surface area contributed by atoms with Gasteiger partial charge in [-0.1, -0.05) is 11.6 Å². The van der Waals surface area contributed by atoms with E-state index in [4.69, 9.17) is 22.1 Å². The average molecular weight is 283 g/mol. The lowest BCUT2D eigenvalue weighted by Gasteiger charge is -2.07. The molecule has 1 heterocycles. The van der Waals surface area contributed by atoms with Crippen LogP contribution in [0.2, 0.25) is 5.02 Å². The third-order valence-corrected chi connectivity index (χ3v) is 3.44. The highest BCUT2D eigenvalue weighted by Crippen LogP contribution is 2.25. The van der Waals surface area contributed by atoms with E-state index < -0.39 is 0 Å². The van der Waals surface area contributed by atoms with Crippen LogP contribution in [0.1, 0.15) is 9.67 Å². The van der Waals surface area contributed by atoms with Gasteiger partial charge in [0, 0.05) is 16.5 Å². The number of carbonyl (C=O) groups is 1. The third-order valence-electron chi connectivity index (χ3n) is 2.30. The van der Waals surface area contributed by atoms with Gasteiger partial charge in [-0.05, 0) is 18.2 Å². The van der Waals surface area contributed by atoms with Gasteiger partial charge in [-0.2, -0.15) is 0 Å². The number of rotatable bonds is 3. The first-order valence-corrected chi connectivity index (χ1v) is 6.35. The number of nitrogens with two attached hydrogens (primary N) is 1. The Kier molecular flexibility index (Phi) is 3.74. The Morgan fingerprint density at radius 1 is 1.44 bits per heavy atom. The maximum atomic E-state index is 11.9. The van der Waals surface area contributed by atoms with Gasteiger partial charge in [0.2, 0.25) is 0 Å². The van der Waals surface area contributed by atoms with Crippen LogP contribution in [0.5, 0.6) is 5.75 Å². The maximum absolute atomic E-state index is 11.9. The number of nitrogen functional groups attached to an aromatic ring is 1. The molecule has 94 valence electrons. The number of hydrogen-bond donors (Lipinski definition) is 2. The number of ether oxygens (including phenoxy) is 1. The minimum absolute atomic E-state index is 0.225. The summed E-state index contributed by atoms with van der Waals surface area (Å²) in [6, 6.07) is 6.60. The van der Waals surface area contributed by atoms with Crippen LogP contribution >= 0.6 is 22.9 Å². The van der Waals surface area contributed by atoms with Crippen LogP contribution in [0, 0.1) is 0 Å². The second kappa shape index (κ2) is 5.29. The highest BCUT2D eigenvalue weighted by molar-refractivity contribution is 7.12. The van der Waals surface area contributed by atoms with Gasteiger partial charge in [-0.25, -0.2) is 0 Å². The smallest absolute Gasteiger partial charge is 0.265 e. The number of amides is 1. The second-order valence-corrected chi connectivity index (χ2v) is 4.88. The molecule has 18 heavy (non-hydrogen) atoms. The zero-order valence-corrected chi connectivity index (χ0v) is 11.1. The van der Waals surface area contributed by atoms with Gasteiger partial charge in [-0.15, -0.1) is 11.3 Å². The standard InChI is InChI=1S/C12H11ClN2O2S/c1-17-8-5-11(18-6-8)12(16)15-10-3-2-7(13)4-9(10)14/h2-6H,14H2,1H3,(H,15,16). The molecular formula is C12H11ClN2O2S. The van der Waals surface area contributed by atoms with E-state index in [-0.39, 0.29) is 5.91 Å². The number of thiophene rings is 1. The molecule has 0 bridgehead atoms. The van der Waals surface area contributed by atoms with Crippen molar-refractivity contribution in [1.82, 2.24) is 0 Å². The summed E-state index contributed by atoms with van der Waals surface area (Å²) >= 11 is 7.09. The van der Waals surface area contributed by atoms with Gasteiger partial charge in [0.15, 0.2) is 0 Å². The Labute approximate surface area is 113 Å². The van der Waals surface area contributed by atoms with E-state index in [1.54, 1.807) is 36.8 Å². The summed E-state index contributed by atoms with van der Waals surface area (Å²) in [5.74, 6) is 0.437. The molecule has 3 N–H and O–H groups in total. The maximum Gasteiger partial charge on any atom is 0.265 e. The monoisotopic (exact) mass is 282 g/mol. The highest BCUT2D eigenvalue weighted by Gasteiger charge is 2.11. The van der Waals surface area contributed by atoms with Gasteiger partial charge >= 0.3 is 0 Å². The predicted octanol–water partition coefficient (Wildman–Crippen LogP) is 3.24. The summed E-state index contributed by atoms with van der Waals surface area (Å²) in [6.45, 7) is 0. The fourth-order valence-electron chi connectivity index (χ4n) is 1.38. The molecule has 2 aromatic rings. The molecule has 0 saturated carbocycles. The molecular weight excluding hydrogens is 272 g/mol. The summed E-state index contributed by atoms with van der Waals surface area (Å²) in [7, 11) is 1.56. The topological polar surface area (TPSA) is 64.3 Å². The van der Waals surface area contributed by atoms with Crippen molar-refractivity contribution < 1.29 is 9.53 Å². The summed E-state index contributed by atoms with van der Waals surface area (Å²) in [5.41, 5.74) is 6.73. The largest absolute Gasteiger partial charge is 0.496 e. The van der Waals surface area contributed by atoms with Crippen LogP contribution < -0.4 is 15.8 Å². The first-order chi connectivity index (χ1) is 8.60. The lowest BCUT2D eigenvalue weighted by Crippen LogP contribution is -2.11. The quantitative estimate of drug-likeness (QED) is 0.850. The molecule has 4 nitrogen and oxygen atoms in total. The van der Waals surface area contributed by atoms with Gasteiger partial charge in [0.25, 0.3) is 5.91 Å². The predicted molar refractivity (Wildman–Crippen MR) is 74.7 cm³/mol. The molecule has 0 spiro atoms.